The van der Waals surface area contributed by atoms with Gasteiger partial charge in [0.25, 0.3) is 5.91 Å². The number of carbonyl (C=O) groups is 2. The molecule has 0 bridgehead atoms. The van der Waals surface area contributed by atoms with Crippen LogP contribution in [0.15, 0.2) is 0 Å². The highest BCUT2D eigenvalue weighted by Crippen LogP contribution is 2.44. The average molecular weight is 310 g/mol. The van der Waals surface area contributed by atoms with Crippen LogP contribution in [-0.2, 0) is 14.3 Å². The van der Waals surface area contributed by atoms with E-state index in [1.807, 2.05) is 0 Å². The molecule has 22 heavy (non-hydrogen) atoms. The van der Waals surface area contributed by atoms with Gasteiger partial charge in [0.1, 0.15) is 0 Å². The zero-order valence-electron chi connectivity index (χ0n) is 12.8. The second-order valence-electron chi connectivity index (χ2n) is 7.35. The van der Waals surface area contributed by atoms with Crippen molar-refractivity contribution in [2.45, 2.75) is 62.8 Å². The number of rotatable bonds is 3. The molecular formula is C16H23FN2O3. The fourth-order valence-electron chi connectivity index (χ4n) is 3.98. The molecule has 4 fully saturated rings. The highest BCUT2D eigenvalue weighted by atomic mass is 19.1. The van der Waals surface area contributed by atoms with Crippen molar-refractivity contribution >= 4 is 11.8 Å². The molecule has 0 aromatic rings. The van der Waals surface area contributed by atoms with Crippen molar-refractivity contribution in [3.05, 3.63) is 0 Å². The van der Waals surface area contributed by atoms with Gasteiger partial charge in [0.05, 0.1) is 11.5 Å². The lowest BCUT2D eigenvalue weighted by Crippen LogP contribution is -2.61. The molecule has 6 heteroatoms. The van der Waals surface area contributed by atoms with E-state index in [-0.39, 0.29) is 18.1 Å². The molecule has 5 nitrogen and oxygen atoms in total. The lowest BCUT2D eigenvalue weighted by Gasteiger charge is -2.45. The van der Waals surface area contributed by atoms with Gasteiger partial charge in [0, 0.05) is 25.7 Å². The summed E-state index contributed by atoms with van der Waals surface area (Å²) < 4.78 is 20.2. The van der Waals surface area contributed by atoms with Gasteiger partial charge in [-0.05, 0) is 44.9 Å². The number of piperidine rings is 1. The fraction of sp³-hybridized carbons (Fsp3) is 0.875. The largest absolute Gasteiger partial charge is 0.377 e. The summed E-state index contributed by atoms with van der Waals surface area (Å²) in [5, 5.41) is 3.06. The molecule has 2 amide bonds. The first-order valence-corrected chi connectivity index (χ1v) is 8.44. The molecule has 4 aliphatic rings. The molecule has 1 N–H and O–H groups in total. The van der Waals surface area contributed by atoms with Crippen LogP contribution in [0.25, 0.3) is 0 Å². The second-order valence-corrected chi connectivity index (χ2v) is 7.35. The molecule has 2 saturated carbocycles. The molecule has 122 valence electrons. The lowest BCUT2D eigenvalue weighted by molar-refractivity contribution is -0.159. The van der Waals surface area contributed by atoms with E-state index in [2.05, 4.69) is 5.32 Å². The van der Waals surface area contributed by atoms with Gasteiger partial charge in [-0.2, -0.15) is 0 Å². The minimum atomic E-state index is -1.68. The monoisotopic (exact) mass is 310 g/mol. The molecular weight excluding hydrogens is 287 g/mol. The predicted molar refractivity (Wildman–Crippen MR) is 76.8 cm³/mol. The summed E-state index contributed by atoms with van der Waals surface area (Å²) in [5.74, 6) is -0.417. The molecule has 2 aliphatic heterocycles. The van der Waals surface area contributed by atoms with Gasteiger partial charge in [-0.15, -0.1) is 0 Å². The quantitative estimate of drug-likeness (QED) is 0.851. The Morgan fingerprint density at radius 3 is 2.59 bits per heavy atom. The van der Waals surface area contributed by atoms with Gasteiger partial charge in [-0.1, -0.05) is 0 Å². The molecule has 0 spiro atoms. The third-order valence-corrected chi connectivity index (χ3v) is 5.80. The predicted octanol–water partition coefficient (Wildman–Crippen LogP) is 1.16. The van der Waals surface area contributed by atoms with Crippen molar-refractivity contribution in [2.24, 2.45) is 5.41 Å². The van der Waals surface area contributed by atoms with Crippen LogP contribution in [0, 0.1) is 5.41 Å². The molecule has 0 unspecified atom stereocenters. The van der Waals surface area contributed by atoms with E-state index in [9.17, 15) is 14.0 Å². The topological polar surface area (TPSA) is 58.6 Å². The normalized spacial score (nSPS) is 36.4. The van der Waals surface area contributed by atoms with Crippen molar-refractivity contribution in [3.8, 4) is 0 Å². The number of carbonyl (C=O) groups excluding carboxylic acids is 2. The zero-order chi connectivity index (χ0) is 15.4. The number of nitrogens with zero attached hydrogens (tertiary/aromatic N) is 1. The van der Waals surface area contributed by atoms with Gasteiger partial charge in [0.15, 0.2) is 5.67 Å². The van der Waals surface area contributed by atoms with Gasteiger partial charge < -0.3 is 15.0 Å². The molecule has 2 aliphatic carbocycles. The summed E-state index contributed by atoms with van der Waals surface area (Å²) in [6, 6.07) is 0.286. The number of alkyl halides is 1. The highest BCUT2D eigenvalue weighted by Gasteiger charge is 2.57. The standard InChI is InChI=1S/C16H23FN2O3/c17-16(5-1-6-16)14(21)19-8-4-12-15(10-19,7-9-22-12)13(20)18-11-2-3-11/h11-12H,1-10H2,(H,18,20)/t12-,15-/m1/s1. The first-order valence-electron chi connectivity index (χ1n) is 8.44. The maximum Gasteiger partial charge on any atom is 0.260 e. The summed E-state index contributed by atoms with van der Waals surface area (Å²) in [6.07, 6.45) is 4.60. The van der Waals surface area contributed by atoms with Crippen LogP contribution in [0.2, 0.25) is 0 Å². The Morgan fingerprint density at radius 1 is 1.18 bits per heavy atom. The minimum absolute atomic E-state index is 0.00322. The molecule has 4 rings (SSSR count). The van der Waals surface area contributed by atoms with Gasteiger partial charge in [-0.3, -0.25) is 9.59 Å². The van der Waals surface area contributed by atoms with E-state index in [1.54, 1.807) is 4.90 Å². The maximum absolute atomic E-state index is 14.5. The summed E-state index contributed by atoms with van der Waals surface area (Å²) >= 11 is 0. The lowest BCUT2D eigenvalue weighted by atomic mass is 9.74. The fourth-order valence-corrected chi connectivity index (χ4v) is 3.98. The third kappa shape index (κ3) is 2.14. The molecule has 2 saturated heterocycles. The van der Waals surface area contributed by atoms with Gasteiger partial charge in [-0.25, -0.2) is 4.39 Å². The average Bonchev–Trinajstić information content (AvgIpc) is 3.18. The van der Waals surface area contributed by atoms with Crippen molar-refractivity contribution < 1.29 is 18.7 Å². The summed E-state index contributed by atoms with van der Waals surface area (Å²) in [6.45, 7) is 1.35. The number of hydrogen-bond donors (Lipinski definition) is 1. The van der Waals surface area contributed by atoms with Crippen molar-refractivity contribution in [1.82, 2.24) is 10.2 Å². The van der Waals surface area contributed by atoms with Gasteiger partial charge >= 0.3 is 0 Å². The van der Waals surface area contributed by atoms with Crippen LogP contribution in [-0.4, -0.2) is 54.2 Å². The van der Waals surface area contributed by atoms with Crippen LogP contribution in [0.5, 0.6) is 0 Å². The van der Waals surface area contributed by atoms with Crippen LogP contribution in [0.4, 0.5) is 4.39 Å². The number of hydrogen-bond acceptors (Lipinski definition) is 3. The Bertz CT molecular complexity index is 504. The number of fused-ring (bicyclic) bond motifs is 1. The van der Waals surface area contributed by atoms with E-state index >= 15 is 0 Å². The third-order valence-electron chi connectivity index (χ3n) is 5.80. The Morgan fingerprint density at radius 2 is 1.95 bits per heavy atom. The van der Waals surface area contributed by atoms with Crippen LogP contribution in [0.3, 0.4) is 0 Å². The van der Waals surface area contributed by atoms with Crippen LogP contribution in [0.1, 0.15) is 44.9 Å². The molecule has 2 atom stereocenters. The molecule has 0 aromatic carbocycles. The first kappa shape index (κ1) is 14.4. The smallest absolute Gasteiger partial charge is 0.260 e. The van der Waals surface area contributed by atoms with Crippen LogP contribution < -0.4 is 5.32 Å². The summed E-state index contributed by atoms with van der Waals surface area (Å²) in [7, 11) is 0. The highest BCUT2D eigenvalue weighted by molar-refractivity contribution is 5.89. The minimum Gasteiger partial charge on any atom is -0.377 e. The van der Waals surface area contributed by atoms with Crippen molar-refractivity contribution in [3.63, 3.8) is 0 Å². The Labute approximate surface area is 129 Å². The van der Waals surface area contributed by atoms with Crippen LogP contribution >= 0.6 is 0 Å². The zero-order valence-corrected chi connectivity index (χ0v) is 12.8. The Hall–Kier alpha value is -1.17. The van der Waals surface area contributed by atoms with E-state index in [4.69, 9.17) is 4.74 Å². The number of likely N-dealkylation sites (tertiary alicyclic amines) is 1. The molecule has 0 aromatic heterocycles. The van der Waals surface area contributed by atoms with Gasteiger partial charge in [0.2, 0.25) is 5.91 Å². The van der Waals surface area contributed by atoms with Crippen molar-refractivity contribution in [1.29, 1.82) is 0 Å². The number of nitrogens with one attached hydrogen (secondary N) is 1. The van der Waals surface area contributed by atoms with E-state index in [1.165, 1.54) is 0 Å². The van der Waals surface area contributed by atoms with Crippen molar-refractivity contribution in [2.75, 3.05) is 19.7 Å². The molecule has 0 radical (unpaired) electrons. The van der Waals surface area contributed by atoms with E-state index < -0.39 is 17.0 Å². The number of ether oxygens (including phenoxy) is 1. The van der Waals surface area contributed by atoms with E-state index in [0.29, 0.717) is 45.4 Å². The molecule has 2 heterocycles. The first-order chi connectivity index (χ1) is 10.5. The Kier molecular flexibility index (Phi) is 3.22. The van der Waals surface area contributed by atoms with E-state index in [0.717, 1.165) is 19.3 Å². The second kappa shape index (κ2) is 4.91. The summed E-state index contributed by atoms with van der Waals surface area (Å²) in [5.41, 5.74) is -2.35. The maximum atomic E-state index is 14.5. The Balaban J connectivity index is 1.52. The SMILES string of the molecule is O=C(N1CC[C@H]2OCC[C@@]2(C(=O)NC2CC2)C1)C1(F)CCC1. The number of halogens is 1. The summed E-state index contributed by atoms with van der Waals surface area (Å²) in [4.78, 5) is 26.8. The number of amides is 2.